The Morgan fingerprint density at radius 1 is 1.17 bits per heavy atom. The van der Waals surface area contributed by atoms with Crippen LogP contribution in [0.3, 0.4) is 0 Å². The largest absolute Gasteiger partial charge is 0.417 e. The minimum atomic E-state index is -4.53. The highest BCUT2D eigenvalue weighted by Crippen LogP contribution is 2.38. The average Bonchev–Trinajstić information content (AvgIpc) is 2.91. The van der Waals surface area contributed by atoms with Gasteiger partial charge in [0, 0.05) is 12.8 Å². The third-order valence-electron chi connectivity index (χ3n) is 3.81. The van der Waals surface area contributed by atoms with E-state index in [1.807, 2.05) is 30.3 Å². The van der Waals surface area contributed by atoms with Crippen LogP contribution >= 0.6 is 11.6 Å². The number of hydrogen-bond acceptors (Lipinski definition) is 2. The SMILES string of the molecule is COC(C)c1nc2cc(C(F)(F)F)c(Cl)cc2n1-c1ccccc1. The van der Waals surface area contributed by atoms with Crippen molar-refractivity contribution in [2.75, 3.05) is 7.11 Å². The highest BCUT2D eigenvalue weighted by molar-refractivity contribution is 6.32. The summed E-state index contributed by atoms with van der Waals surface area (Å²) in [6.07, 6.45) is -4.93. The molecule has 1 atom stereocenters. The predicted molar refractivity (Wildman–Crippen MR) is 86.5 cm³/mol. The number of halogens is 4. The molecule has 3 rings (SSSR count). The first-order valence-electron chi connectivity index (χ1n) is 7.20. The van der Waals surface area contributed by atoms with Crippen LogP contribution < -0.4 is 0 Å². The minimum Gasteiger partial charge on any atom is -0.374 e. The zero-order valence-corrected chi connectivity index (χ0v) is 13.7. The average molecular weight is 355 g/mol. The van der Waals surface area contributed by atoms with Crippen molar-refractivity contribution in [3.8, 4) is 5.69 Å². The fraction of sp³-hybridized carbons (Fsp3) is 0.235. The number of rotatable bonds is 3. The number of imidazole rings is 1. The summed E-state index contributed by atoms with van der Waals surface area (Å²) in [5.74, 6) is 0.508. The maximum absolute atomic E-state index is 13.1. The van der Waals surface area contributed by atoms with Gasteiger partial charge in [-0.2, -0.15) is 13.2 Å². The molecule has 0 N–H and O–H groups in total. The highest BCUT2D eigenvalue weighted by atomic mass is 35.5. The summed E-state index contributed by atoms with van der Waals surface area (Å²) in [5, 5.41) is -0.358. The Morgan fingerprint density at radius 2 is 1.83 bits per heavy atom. The summed E-state index contributed by atoms with van der Waals surface area (Å²) < 4.78 is 46.3. The highest BCUT2D eigenvalue weighted by Gasteiger charge is 2.34. The lowest BCUT2D eigenvalue weighted by molar-refractivity contribution is -0.137. The van der Waals surface area contributed by atoms with Gasteiger partial charge >= 0.3 is 6.18 Å². The van der Waals surface area contributed by atoms with Crippen LogP contribution in [0.2, 0.25) is 5.02 Å². The van der Waals surface area contributed by atoms with Crippen molar-refractivity contribution in [3.63, 3.8) is 0 Å². The van der Waals surface area contributed by atoms with Gasteiger partial charge in [-0.3, -0.25) is 4.57 Å². The van der Waals surface area contributed by atoms with Gasteiger partial charge in [-0.15, -0.1) is 0 Å². The van der Waals surface area contributed by atoms with Gasteiger partial charge in [-0.1, -0.05) is 29.8 Å². The molecule has 24 heavy (non-hydrogen) atoms. The molecule has 0 bridgehead atoms. The molecule has 0 radical (unpaired) electrons. The van der Waals surface area contributed by atoms with Crippen LogP contribution in [0, 0.1) is 0 Å². The van der Waals surface area contributed by atoms with Gasteiger partial charge in [0.15, 0.2) is 0 Å². The number of ether oxygens (including phenoxy) is 1. The molecule has 3 aromatic rings. The third kappa shape index (κ3) is 2.87. The standard InChI is InChI=1S/C17H14ClF3N2O/c1-10(24-2)16-22-14-8-12(17(19,20)21)13(18)9-15(14)23(16)11-6-4-3-5-7-11/h3-10H,1-2H3. The molecule has 0 aliphatic rings. The summed E-state index contributed by atoms with van der Waals surface area (Å²) >= 11 is 5.88. The molecule has 0 saturated carbocycles. The smallest absolute Gasteiger partial charge is 0.374 e. The molecule has 1 heterocycles. The lowest BCUT2D eigenvalue weighted by Gasteiger charge is -2.14. The molecule has 126 valence electrons. The second-order valence-electron chi connectivity index (χ2n) is 5.34. The second kappa shape index (κ2) is 6.11. The van der Waals surface area contributed by atoms with Crippen molar-refractivity contribution >= 4 is 22.6 Å². The maximum atomic E-state index is 13.1. The number of alkyl halides is 3. The first kappa shape index (κ1) is 16.8. The Balaban J connectivity index is 2.34. The Hall–Kier alpha value is -2.05. The molecule has 0 fully saturated rings. The molecule has 1 aromatic heterocycles. The Bertz CT molecular complexity index is 875. The van der Waals surface area contributed by atoms with Crippen LogP contribution in [0.25, 0.3) is 16.7 Å². The van der Waals surface area contributed by atoms with E-state index in [-0.39, 0.29) is 10.5 Å². The van der Waals surface area contributed by atoms with Gasteiger partial charge in [0.05, 0.1) is 21.6 Å². The number of aromatic nitrogens is 2. The van der Waals surface area contributed by atoms with Crippen molar-refractivity contribution in [1.29, 1.82) is 0 Å². The van der Waals surface area contributed by atoms with Gasteiger partial charge < -0.3 is 4.74 Å². The van der Waals surface area contributed by atoms with E-state index in [0.29, 0.717) is 11.3 Å². The van der Waals surface area contributed by atoms with E-state index in [1.165, 1.54) is 13.2 Å². The van der Waals surface area contributed by atoms with E-state index in [1.54, 1.807) is 11.5 Å². The Labute approximate surface area is 141 Å². The molecule has 0 spiro atoms. The summed E-state index contributed by atoms with van der Waals surface area (Å²) in [6, 6.07) is 11.5. The topological polar surface area (TPSA) is 27.1 Å². The predicted octanol–water partition coefficient (Wildman–Crippen LogP) is 5.41. The van der Waals surface area contributed by atoms with Gasteiger partial charge in [0.2, 0.25) is 0 Å². The summed E-state index contributed by atoms with van der Waals surface area (Å²) in [4.78, 5) is 4.35. The fourth-order valence-corrected chi connectivity index (χ4v) is 2.83. The number of fused-ring (bicyclic) bond motifs is 1. The molecule has 3 nitrogen and oxygen atoms in total. The van der Waals surface area contributed by atoms with E-state index >= 15 is 0 Å². The number of methoxy groups -OCH3 is 1. The van der Waals surface area contributed by atoms with Gasteiger partial charge in [0.1, 0.15) is 11.9 Å². The van der Waals surface area contributed by atoms with Crippen molar-refractivity contribution in [2.24, 2.45) is 0 Å². The molecule has 0 saturated heterocycles. The van der Waals surface area contributed by atoms with E-state index in [0.717, 1.165) is 11.8 Å². The molecule has 0 aliphatic heterocycles. The maximum Gasteiger partial charge on any atom is 0.417 e. The number of nitrogens with zero attached hydrogens (tertiary/aromatic N) is 2. The number of benzene rings is 2. The zero-order valence-electron chi connectivity index (χ0n) is 12.9. The number of para-hydroxylation sites is 1. The summed E-state index contributed by atoms with van der Waals surface area (Å²) in [6.45, 7) is 1.78. The van der Waals surface area contributed by atoms with Crippen molar-refractivity contribution < 1.29 is 17.9 Å². The summed E-state index contributed by atoms with van der Waals surface area (Å²) in [5.41, 5.74) is 0.591. The molecular formula is C17H14ClF3N2O. The first-order chi connectivity index (χ1) is 11.3. The normalized spacial score (nSPS) is 13.4. The van der Waals surface area contributed by atoms with Crippen LogP contribution in [0.15, 0.2) is 42.5 Å². The van der Waals surface area contributed by atoms with Gasteiger partial charge in [-0.25, -0.2) is 4.98 Å². The van der Waals surface area contributed by atoms with Gasteiger partial charge in [-0.05, 0) is 31.2 Å². The van der Waals surface area contributed by atoms with Gasteiger partial charge in [0.25, 0.3) is 0 Å². The quantitative estimate of drug-likeness (QED) is 0.629. The van der Waals surface area contributed by atoms with E-state index in [9.17, 15) is 13.2 Å². The first-order valence-corrected chi connectivity index (χ1v) is 7.58. The van der Waals surface area contributed by atoms with Crippen LogP contribution in [0.1, 0.15) is 24.4 Å². The summed E-state index contributed by atoms with van der Waals surface area (Å²) in [7, 11) is 1.52. The number of hydrogen-bond donors (Lipinski definition) is 0. The van der Waals surface area contributed by atoms with Crippen molar-refractivity contribution in [3.05, 3.63) is 58.9 Å². The van der Waals surface area contributed by atoms with Crippen LogP contribution in [0.5, 0.6) is 0 Å². The molecule has 0 amide bonds. The molecule has 2 aromatic carbocycles. The molecular weight excluding hydrogens is 341 g/mol. The molecule has 7 heteroatoms. The second-order valence-corrected chi connectivity index (χ2v) is 5.74. The lowest BCUT2D eigenvalue weighted by Crippen LogP contribution is -2.07. The van der Waals surface area contributed by atoms with Crippen LogP contribution in [-0.4, -0.2) is 16.7 Å². The molecule has 1 unspecified atom stereocenters. The monoisotopic (exact) mass is 354 g/mol. The van der Waals surface area contributed by atoms with E-state index < -0.39 is 17.8 Å². The van der Waals surface area contributed by atoms with E-state index in [4.69, 9.17) is 16.3 Å². The van der Waals surface area contributed by atoms with Crippen LogP contribution in [-0.2, 0) is 10.9 Å². The van der Waals surface area contributed by atoms with Crippen LogP contribution in [0.4, 0.5) is 13.2 Å². The Kier molecular flexibility index (Phi) is 4.27. The Morgan fingerprint density at radius 3 is 2.42 bits per heavy atom. The fourth-order valence-electron chi connectivity index (χ4n) is 2.56. The van der Waals surface area contributed by atoms with E-state index in [2.05, 4.69) is 4.98 Å². The molecule has 0 aliphatic carbocycles. The third-order valence-corrected chi connectivity index (χ3v) is 4.12. The zero-order chi connectivity index (χ0) is 17.5. The van der Waals surface area contributed by atoms with Crippen molar-refractivity contribution in [1.82, 2.24) is 9.55 Å². The van der Waals surface area contributed by atoms with Crippen molar-refractivity contribution in [2.45, 2.75) is 19.2 Å². The lowest BCUT2D eigenvalue weighted by atomic mass is 10.2. The minimum absolute atomic E-state index is 0.217.